The highest BCUT2D eigenvalue weighted by Crippen LogP contribution is 2.30. The summed E-state index contributed by atoms with van der Waals surface area (Å²) >= 11 is 0. The van der Waals surface area contributed by atoms with Gasteiger partial charge in [0.2, 0.25) is 0 Å². The molecule has 2 fully saturated rings. The van der Waals surface area contributed by atoms with Gasteiger partial charge in [-0.3, -0.25) is 0 Å². The average molecular weight is 386 g/mol. The summed E-state index contributed by atoms with van der Waals surface area (Å²) in [5.41, 5.74) is 0.761. The van der Waals surface area contributed by atoms with Crippen LogP contribution >= 0.6 is 0 Å². The number of halogens is 2. The number of hydrogen-bond donors (Lipinski definition) is 0. The Kier molecular flexibility index (Phi) is 7.81. The second-order valence-electron chi connectivity index (χ2n) is 7.10. The number of benzene rings is 1. The molecular weight excluding hydrogens is 358 g/mol. The molecule has 2 aliphatic heterocycles. The molecule has 7 heteroatoms. The van der Waals surface area contributed by atoms with Gasteiger partial charge in [-0.1, -0.05) is 38.3 Å². The van der Waals surface area contributed by atoms with Gasteiger partial charge >= 0.3 is 6.61 Å². The van der Waals surface area contributed by atoms with Crippen LogP contribution in [0.4, 0.5) is 8.78 Å². The van der Waals surface area contributed by atoms with E-state index in [2.05, 4.69) is 11.7 Å². The first-order valence-corrected chi connectivity index (χ1v) is 9.67. The quantitative estimate of drug-likeness (QED) is 0.615. The molecule has 0 saturated carbocycles. The van der Waals surface area contributed by atoms with Crippen LogP contribution in [0, 0.1) is 11.8 Å². The largest absolute Gasteiger partial charge is 0.435 e. The van der Waals surface area contributed by atoms with Crippen LogP contribution in [-0.4, -0.2) is 39.3 Å². The summed E-state index contributed by atoms with van der Waals surface area (Å²) in [4.78, 5) is 0. The van der Waals surface area contributed by atoms with Gasteiger partial charge in [0.25, 0.3) is 0 Å². The minimum Gasteiger partial charge on any atom is -0.435 e. The Morgan fingerprint density at radius 1 is 0.963 bits per heavy atom. The minimum atomic E-state index is -2.83. The third-order valence-corrected chi connectivity index (χ3v) is 4.89. The number of unbranched alkanes of at least 4 members (excludes halogenated alkanes) is 2. The number of hydrogen-bond acceptors (Lipinski definition) is 5. The summed E-state index contributed by atoms with van der Waals surface area (Å²) in [6.07, 6.45) is 4.02. The fraction of sp³-hybridized carbons (Fsp3) is 0.700. The molecular formula is C20H28F2O5. The van der Waals surface area contributed by atoms with E-state index in [1.54, 1.807) is 12.1 Å². The van der Waals surface area contributed by atoms with Gasteiger partial charge < -0.3 is 23.7 Å². The van der Waals surface area contributed by atoms with Crippen LogP contribution in [-0.2, 0) is 18.9 Å². The molecule has 0 aromatic heterocycles. The SMILES string of the molecule is CCCCC[C@H]1CO[C@H]([C@H]2CO[C@H](c3ccc(OC(F)F)cc3)OC2)OC1. The summed E-state index contributed by atoms with van der Waals surface area (Å²) in [6.45, 7) is 1.74. The predicted molar refractivity (Wildman–Crippen MR) is 94.5 cm³/mol. The summed E-state index contributed by atoms with van der Waals surface area (Å²) in [5, 5.41) is 0. The number of alkyl halides is 2. The first-order chi connectivity index (χ1) is 13.2. The van der Waals surface area contributed by atoms with Crippen LogP contribution in [0.15, 0.2) is 24.3 Å². The van der Waals surface area contributed by atoms with Gasteiger partial charge in [0.05, 0.1) is 32.3 Å². The maximum absolute atomic E-state index is 12.2. The summed E-state index contributed by atoms with van der Waals surface area (Å²) in [7, 11) is 0. The second kappa shape index (κ2) is 10.3. The standard InChI is InChI=1S/C20H28F2O5/c1-2-3-4-5-14-10-23-19(24-11-14)16-12-25-18(26-13-16)15-6-8-17(9-7-15)27-20(21)22/h6-9,14,16,18-20H,2-5,10-13H2,1H3/t14-,16-,18-,19-. The molecule has 0 radical (unpaired) electrons. The topological polar surface area (TPSA) is 46.2 Å². The van der Waals surface area contributed by atoms with Crippen molar-refractivity contribution in [2.45, 2.75) is 51.8 Å². The minimum absolute atomic E-state index is 0.0271. The van der Waals surface area contributed by atoms with Crippen LogP contribution in [0.1, 0.15) is 44.5 Å². The van der Waals surface area contributed by atoms with E-state index >= 15 is 0 Å². The summed E-state index contributed by atoms with van der Waals surface area (Å²) < 4.78 is 52.1. The molecule has 0 spiro atoms. The van der Waals surface area contributed by atoms with E-state index < -0.39 is 12.9 Å². The van der Waals surface area contributed by atoms with E-state index in [-0.39, 0.29) is 18.0 Å². The Morgan fingerprint density at radius 3 is 2.22 bits per heavy atom. The molecule has 3 rings (SSSR count). The van der Waals surface area contributed by atoms with Crippen molar-refractivity contribution < 1.29 is 32.5 Å². The zero-order valence-corrected chi connectivity index (χ0v) is 15.7. The molecule has 2 aliphatic rings. The van der Waals surface area contributed by atoms with Crippen LogP contribution < -0.4 is 4.74 Å². The van der Waals surface area contributed by atoms with E-state index in [0.29, 0.717) is 19.1 Å². The molecule has 0 bridgehead atoms. The predicted octanol–water partition coefficient (Wildman–Crippen LogP) is 4.52. The van der Waals surface area contributed by atoms with Crippen LogP contribution in [0.2, 0.25) is 0 Å². The fourth-order valence-electron chi connectivity index (χ4n) is 3.35. The van der Waals surface area contributed by atoms with Crippen molar-refractivity contribution >= 4 is 0 Å². The molecule has 1 aromatic rings. The van der Waals surface area contributed by atoms with E-state index in [1.165, 1.54) is 31.4 Å². The molecule has 0 N–H and O–H groups in total. The van der Waals surface area contributed by atoms with E-state index in [0.717, 1.165) is 25.2 Å². The van der Waals surface area contributed by atoms with Crippen molar-refractivity contribution in [1.82, 2.24) is 0 Å². The molecule has 5 nitrogen and oxygen atoms in total. The molecule has 0 aliphatic carbocycles. The summed E-state index contributed by atoms with van der Waals surface area (Å²) in [6, 6.07) is 6.28. The van der Waals surface area contributed by atoms with Crippen molar-refractivity contribution in [1.29, 1.82) is 0 Å². The Labute approximate surface area is 158 Å². The molecule has 27 heavy (non-hydrogen) atoms. The number of rotatable bonds is 8. The van der Waals surface area contributed by atoms with Gasteiger partial charge in [0.15, 0.2) is 12.6 Å². The highest BCUT2D eigenvalue weighted by atomic mass is 19.3. The van der Waals surface area contributed by atoms with Crippen LogP contribution in [0.3, 0.4) is 0 Å². The highest BCUT2D eigenvalue weighted by Gasteiger charge is 2.34. The molecule has 1 aromatic carbocycles. The fourth-order valence-corrected chi connectivity index (χ4v) is 3.35. The lowest BCUT2D eigenvalue weighted by atomic mass is 10.0. The lowest BCUT2D eigenvalue weighted by molar-refractivity contribution is -0.283. The molecule has 0 amide bonds. The van der Waals surface area contributed by atoms with Gasteiger partial charge in [-0.25, -0.2) is 0 Å². The molecule has 2 heterocycles. The monoisotopic (exact) mass is 386 g/mol. The van der Waals surface area contributed by atoms with Gasteiger partial charge in [0.1, 0.15) is 5.75 Å². The lowest BCUT2D eigenvalue weighted by Gasteiger charge is -2.37. The highest BCUT2D eigenvalue weighted by molar-refractivity contribution is 5.28. The Morgan fingerprint density at radius 2 is 1.63 bits per heavy atom. The van der Waals surface area contributed by atoms with Gasteiger partial charge in [-0.05, 0) is 18.6 Å². The zero-order chi connectivity index (χ0) is 19.1. The van der Waals surface area contributed by atoms with Crippen LogP contribution in [0.5, 0.6) is 5.75 Å². The van der Waals surface area contributed by atoms with Gasteiger partial charge in [0, 0.05) is 11.5 Å². The first kappa shape index (κ1) is 20.5. The average Bonchev–Trinajstić information content (AvgIpc) is 2.69. The van der Waals surface area contributed by atoms with Crippen molar-refractivity contribution in [2.75, 3.05) is 26.4 Å². The first-order valence-electron chi connectivity index (χ1n) is 9.67. The molecule has 0 atom stereocenters. The number of ether oxygens (including phenoxy) is 5. The molecule has 0 unspecified atom stereocenters. The van der Waals surface area contributed by atoms with Crippen molar-refractivity contribution in [3.63, 3.8) is 0 Å². The molecule has 2 saturated heterocycles. The summed E-state index contributed by atoms with van der Waals surface area (Å²) in [5.74, 6) is 0.610. The van der Waals surface area contributed by atoms with E-state index in [4.69, 9.17) is 18.9 Å². The Balaban J connectivity index is 1.40. The third-order valence-electron chi connectivity index (χ3n) is 4.89. The van der Waals surface area contributed by atoms with Crippen LogP contribution in [0.25, 0.3) is 0 Å². The second-order valence-corrected chi connectivity index (χ2v) is 7.10. The zero-order valence-electron chi connectivity index (χ0n) is 15.7. The van der Waals surface area contributed by atoms with Gasteiger partial charge in [-0.2, -0.15) is 8.78 Å². The maximum Gasteiger partial charge on any atom is 0.387 e. The van der Waals surface area contributed by atoms with Crippen molar-refractivity contribution in [2.24, 2.45) is 11.8 Å². The van der Waals surface area contributed by atoms with E-state index in [9.17, 15) is 8.78 Å². The lowest BCUT2D eigenvalue weighted by Crippen LogP contribution is -2.43. The smallest absolute Gasteiger partial charge is 0.387 e. The van der Waals surface area contributed by atoms with Crippen molar-refractivity contribution in [3.05, 3.63) is 29.8 Å². The van der Waals surface area contributed by atoms with Gasteiger partial charge in [-0.15, -0.1) is 0 Å². The Bertz CT molecular complexity index is 538. The normalized spacial score (nSPS) is 29.0. The van der Waals surface area contributed by atoms with E-state index in [1.807, 2.05) is 0 Å². The third kappa shape index (κ3) is 6.10. The Hall–Kier alpha value is -1.28. The van der Waals surface area contributed by atoms with Crippen molar-refractivity contribution in [3.8, 4) is 5.75 Å². The molecule has 152 valence electrons. The maximum atomic E-state index is 12.2.